The van der Waals surface area contributed by atoms with Gasteiger partial charge in [0.2, 0.25) is 0 Å². The van der Waals surface area contributed by atoms with Crippen molar-refractivity contribution in [3.63, 3.8) is 0 Å². The monoisotopic (exact) mass is 607 g/mol. The van der Waals surface area contributed by atoms with E-state index in [2.05, 4.69) is 15.5 Å². The van der Waals surface area contributed by atoms with Crippen molar-refractivity contribution in [3.05, 3.63) is 22.3 Å². The zero-order chi connectivity index (χ0) is 29.7. The van der Waals surface area contributed by atoms with Crippen LogP contribution in [0.1, 0.15) is 39.3 Å². The van der Waals surface area contributed by atoms with Crippen molar-refractivity contribution in [1.82, 2.24) is 15.2 Å². The van der Waals surface area contributed by atoms with Crippen LogP contribution in [-0.2, 0) is 28.8 Å². The van der Waals surface area contributed by atoms with E-state index in [-0.39, 0.29) is 34.3 Å². The molecule has 4 N–H and O–H groups in total. The van der Waals surface area contributed by atoms with Crippen LogP contribution in [0.4, 0.5) is 5.13 Å². The summed E-state index contributed by atoms with van der Waals surface area (Å²) in [6.45, 7) is 8.34. The third-order valence-corrected chi connectivity index (χ3v) is 10.2. The van der Waals surface area contributed by atoms with Gasteiger partial charge in [0.15, 0.2) is 16.9 Å². The van der Waals surface area contributed by atoms with Gasteiger partial charge in [-0.3, -0.25) is 19.3 Å². The number of carboxylic acids is 1. The number of hydrogen-bond donors (Lipinski definition) is 3. The Morgan fingerprint density at radius 3 is 2.59 bits per heavy atom. The van der Waals surface area contributed by atoms with E-state index in [0.29, 0.717) is 34.8 Å². The first-order valence-corrected chi connectivity index (χ1v) is 15.4. The average molecular weight is 608 g/mol. The molecule has 6 rings (SSSR count). The minimum Gasteiger partial charge on any atom is -0.477 e. The number of nitrogen functional groups attached to an aromatic ring is 1. The predicted octanol–water partition coefficient (Wildman–Crippen LogP) is 1.01. The summed E-state index contributed by atoms with van der Waals surface area (Å²) in [4.78, 5) is 61.5. The first kappa shape index (κ1) is 29.3. The van der Waals surface area contributed by atoms with E-state index in [1.54, 1.807) is 5.38 Å². The summed E-state index contributed by atoms with van der Waals surface area (Å²) in [6.07, 6.45) is 1.60. The molecule has 5 aliphatic heterocycles. The van der Waals surface area contributed by atoms with Gasteiger partial charge in [0.25, 0.3) is 11.8 Å². The van der Waals surface area contributed by atoms with Crippen LogP contribution in [0.25, 0.3) is 0 Å². The number of piperidine rings is 3. The van der Waals surface area contributed by atoms with Crippen molar-refractivity contribution in [2.75, 3.05) is 44.8 Å². The van der Waals surface area contributed by atoms with Crippen LogP contribution >= 0.6 is 23.1 Å². The maximum atomic E-state index is 13.3. The Bertz CT molecular complexity index is 1330. The second kappa shape index (κ2) is 10.9. The number of oxime groups is 1. The molecule has 6 heterocycles. The van der Waals surface area contributed by atoms with Gasteiger partial charge in [-0.15, -0.1) is 23.1 Å². The number of thiazole rings is 1. The van der Waals surface area contributed by atoms with Crippen LogP contribution in [0.2, 0.25) is 0 Å². The molecule has 0 aromatic carbocycles. The zero-order valence-electron chi connectivity index (χ0n) is 23.4. The number of nitrogens with zero attached hydrogens (tertiary/aromatic N) is 4. The maximum Gasteiger partial charge on any atom is 0.352 e. The largest absolute Gasteiger partial charge is 0.477 e. The summed E-state index contributed by atoms with van der Waals surface area (Å²) >= 11 is 2.55. The number of fused-ring (bicyclic) bond motifs is 4. The van der Waals surface area contributed by atoms with Crippen molar-refractivity contribution < 1.29 is 38.3 Å². The molecule has 0 radical (unpaired) electrons. The summed E-state index contributed by atoms with van der Waals surface area (Å²) in [5.74, 6) is -1.87. The van der Waals surface area contributed by atoms with Crippen LogP contribution < -0.4 is 11.1 Å². The molecule has 222 valence electrons. The van der Waals surface area contributed by atoms with Crippen molar-refractivity contribution in [2.45, 2.75) is 51.1 Å². The Kier molecular flexibility index (Phi) is 7.80. The number of aromatic nitrogens is 1. The second-order valence-corrected chi connectivity index (χ2v) is 14.0. The van der Waals surface area contributed by atoms with E-state index in [1.807, 2.05) is 20.8 Å². The predicted molar refractivity (Wildman–Crippen MR) is 152 cm³/mol. The highest BCUT2D eigenvalue weighted by Gasteiger charge is 2.56. The highest BCUT2D eigenvalue weighted by Crippen LogP contribution is 2.43. The number of hydrogen-bond acceptors (Lipinski definition) is 11. The molecular formula is C26H35N6O7S2+. The van der Waals surface area contributed by atoms with Gasteiger partial charge in [-0.2, -0.15) is 0 Å². The molecule has 15 heteroatoms. The van der Waals surface area contributed by atoms with Crippen molar-refractivity contribution in [1.29, 1.82) is 0 Å². The van der Waals surface area contributed by atoms with E-state index in [1.165, 1.54) is 23.8 Å². The Balaban J connectivity index is 1.31. The number of nitrogens with one attached hydrogen (secondary N) is 1. The van der Waals surface area contributed by atoms with E-state index in [0.717, 1.165) is 37.3 Å². The van der Waals surface area contributed by atoms with Gasteiger partial charge in [-0.05, 0) is 20.8 Å². The molecule has 4 fully saturated rings. The highest BCUT2D eigenvalue weighted by atomic mass is 32.2. The fraction of sp³-hybridized carbons (Fsp3) is 0.615. The lowest BCUT2D eigenvalue weighted by Crippen LogP contribution is -2.71. The van der Waals surface area contributed by atoms with E-state index in [4.69, 9.17) is 15.3 Å². The summed E-state index contributed by atoms with van der Waals surface area (Å²) in [6, 6.07) is -0.930. The second-order valence-electron chi connectivity index (χ2n) is 12.0. The Morgan fingerprint density at radius 2 is 2.00 bits per heavy atom. The SMILES string of the molecule is CO/N=C(\C(=O)N[C@@H]1C(=O)N2C(C(=O)O)=C(C[N+]34CCC(CC3)C(OC(=O)C(C)(C)C)C4)CS[C@H]12)c1csc(N)n1. The number of nitrogens with two attached hydrogens (primary N) is 1. The fourth-order valence-electron chi connectivity index (χ4n) is 6.00. The minimum absolute atomic E-state index is 0.0225. The van der Waals surface area contributed by atoms with Crippen LogP contribution in [-0.4, -0.2) is 105 Å². The molecule has 5 aliphatic rings. The van der Waals surface area contributed by atoms with Gasteiger partial charge in [-0.25, -0.2) is 9.78 Å². The molecule has 2 amide bonds. The molecule has 1 aromatic rings. The van der Waals surface area contributed by atoms with Gasteiger partial charge in [-0.1, -0.05) is 5.16 Å². The number of carbonyl (C=O) groups is 4. The van der Waals surface area contributed by atoms with Crippen molar-refractivity contribution in [2.24, 2.45) is 16.5 Å². The smallest absolute Gasteiger partial charge is 0.352 e. The molecule has 0 aliphatic carbocycles. The first-order chi connectivity index (χ1) is 19.3. The number of carbonyl (C=O) groups excluding carboxylic acids is 3. The van der Waals surface area contributed by atoms with E-state index < -0.39 is 34.6 Å². The minimum atomic E-state index is -1.18. The number of esters is 1. The highest BCUT2D eigenvalue weighted by molar-refractivity contribution is 8.00. The molecule has 41 heavy (non-hydrogen) atoms. The van der Waals surface area contributed by atoms with Gasteiger partial charge in [0, 0.05) is 35.5 Å². The van der Waals surface area contributed by atoms with Gasteiger partial charge in [0.05, 0.1) is 18.5 Å². The molecule has 0 spiro atoms. The zero-order valence-corrected chi connectivity index (χ0v) is 25.0. The number of amides is 2. The molecule has 0 saturated carbocycles. The lowest BCUT2D eigenvalue weighted by molar-refractivity contribution is -0.942. The normalized spacial score (nSPS) is 29.5. The molecule has 4 saturated heterocycles. The summed E-state index contributed by atoms with van der Waals surface area (Å²) in [5, 5.41) is 17.9. The van der Waals surface area contributed by atoms with Gasteiger partial charge < -0.3 is 30.2 Å². The first-order valence-electron chi connectivity index (χ1n) is 13.4. The molecule has 3 atom stereocenters. The molecule has 2 bridgehead atoms. The Morgan fingerprint density at radius 1 is 1.29 bits per heavy atom. The lowest BCUT2D eigenvalue weighted by Gasteiger charge is -2.54. The maximum absolute atomic E-state index is 13.3. The summed E-state index contributed by atoms with van der Waals surface area (Å²) in [7, 11) is 1.29. The van der Waals surface area contributed by atoms with Gasteiger partial charge >= 0.3 is 11.9 Å². The number of quaternary nitrogens is 1. The van der Waals surface area contributed by atoms with Crippen LogP contribution in [0, 0.1) is 11.3 Å². The number of β-lactam (4-membered cyclic amide) rings is 1. The molecule has 13 nitrogen and oxygen atoms in total. The topological polar surface area (TPSA) is 174 Å². The van der Waals surface area contributed by atoms with E-state index >= 15 is 0 Å². The standard InChI is InChI=1S/C26H34N6O7S2/c1-26(2,3)24(37)39-16-10-32(7-5-13(16)6-8-32)9-14-11-40-22-18(21(34)31(22)19(14)23(35)36)29-20(33)17(30-38-4)15-12-41-25(27)28-15/h12-13,16,18,22H,5-11H2,1-4H3,(H3-,27,28,29,33,35,36)/p+1/b30-17-/t13?,16?,18-,22-,32?/m1/s1. The van der Waals surface area contributed by atoms with E-state index in [9.17, 15) is 24.3 Å². The number of rotatable bonds is 8. The third-order valence-electron chi connectivity index (χ3n) is 8.14. The molecular weight excluding hydrogens is 572 g/mol. The van der Waals surface area contributed by atoms with Crippen LogP contribution in [0.15, 0.2) is 21.8 Å². The number of thioether (sulfide) groups is 1. The number of ether oxygens (including phenoxy) is 1. The fourth-order valence-corrected chi connectivity index (χ4v) is 7.89. The summed E-state index contributed by atoms with van der Waals surface area (Å²) < 4.78 is 6.57. The summed E-state index contributed by atoms with van der Waals surface area (Å²) in [5.41, 5.74) is 5.82. The van der Waals surface area contributed by atoms with Crippen LogP contribution in [0.5, 0.6) is 0 Å². The lowest BCUT2D eigenvalue weighted by atomic mass is 9.82. The van der Waals surface area contributed by atoms with Gasteiger partial charge in [0.1, 0.15) is 43.0 Å². The Labute approximate surface area is 245 Å². The van der Waals surface area contributed by atoms with Crippen LogP contribution in [0.3, 0.4) is 0 Å². The van der Waals surface area contributed by atoms with Crippen molar-refractivity contribution >= 4 is 57.7 Å². The quantitative estimate of drug-likeness (QED) is 0.127. The average Bonchev–Trinajstić information content (AvgIpc) is 3.35. The van der Waals surface area contributed by atoms with Crippen molar-refractivity contribution in [3.8, 4) is 0 Å². The molecule has 1 aromatic heterocycles. The number of anilines is 1. The third kappa shape index (κ3) is 5.54. The molecule has 1 unspecified atom stereocenters. The number of aliphatic carboxylic acids is 1. The Hall–Kier alpha value is -3.17. The number of carboxylic acid groups (broad SMARTS) is 1.